The van der Waals surface area contributed by atoms with Crippen LogP contribution in [0.3, 0.4) is 0 Å². The van der Waals surface area contributed by atoms with Crippen LogP contribution in [0.4, 0.5) is 0 Å². The summed E-state index contributed by atoms with van der Waals surface area (Å²) < 4.78 is 6.61. The summed E-state index contributed by atoms with van der Waals surface area (Å²) in [5.41, 5.74) is 1.68. The lowest BCUT2D eigenvalue weighted by atomic mass is 10.1. The number of hydrogen-bond donors (Lipinski definition) is 1. The first-order valence-electron chi connectivity index (χ1n) is 6.41. The molecule has 1 aliphatic heterocycles. The molecule has 1 aliphatic rings. The number of morpholine rings is 1. The van der Waals surface area contributed by atoms with Crippen LogP contribution in [0, 0.1) is 6.92 Å². The van der Waals surface area contributed by atoms with Crippen LogP contribution < -0.4 is 5.32 Å². The van der Waals surface area contributed by atoms with Crippen LogP contribution in [0.15, 0.2) is 22.7 Å². The normalized spacial score (nSPS) is 20.3. The molecule has 0 aliphatic carbocycles. The molecule has 19 heavy (non-hydrogen) atoms. The van der Waals surface area contributed by atoms with Gasteiger partial charge in [-0.15, -0.1) is 0 Å². The van der Waals surface area contributed by atoms with Crippen LogP contribution in [-0.4, -0.2) is 50.2 Å². The standard InChI is InChI=1S/C14H19BrN2O2/c1-10-7-11(15)3-4-13(10)14(18)16-8-12-9-17(2)5-6-19-12/h3-4,7,12H,5-6,8-9H2,1-2H3,(H,16,18)/t12-/m0/s1. The van der Waals surface area contributed by atoms with Crippen molar-refractivity contribution in [2.24, 2.45) is 0 Å². The Kier molecular flexibility index (Phi) is 4.96. The van der Waals surface area contributed by atoms with Crippen molar-refractivity contribution in [1.82, 2.24) is 10.2 Å². The molecule has 1 atom stereocenters. The fourth-order valence-electron chi connectivity index (χ4n) is 2.17. The maximum atomic E-state index is 12.1. The van der Waals surface area contributed by atoms with E-state index in [2.05, 4.69) is 33.2 Å². The van der Waals surface area contributed by atoms with Crippen molar-refractivity contribution < 1.29 is 9.53 Å². The Balaban J connectivity index is 1.90. The van der Waals surface area contributed by atoms with E-state index < -0.39 is 0 Å². The van der Waals surface area contributed by atoms with Crippen molar-refractivity contribution in [3.63, 3.8) is 0 Å². The lowest BCUT2D eigenvalue weighted by Crippen LogP contribution is -2.46. The van der Waals surface area contributed by atoms with Gasteiger partial charge in [0.2, 0.25) is 0 Å². The number of amides is 1. The van der Waals surface area contributed by atoms with Gasteiger partial charge in [0.1, 0.15) is 0 Å². The van der Waals surface area contributed by atoms with E-state index >= 15 is 0 Å². The smallest absolute Gasteiger partial charge is 0.251 e. The topological polar surface area (TPSA) is 41.6 Å². The molecule has 1 aromatic rings. The Morgan fingerprint density at radius 1 is 1.58 bits per heavy atom. The van der Waals surface area contributed by atoms with Crippen molar-refractivity contribution in [1.29, 1.82) is 0 Å². The van der Waals surface area contributed by atoms with E-state index in [1.54, 1.807) is 0 Å². The zero-order chi connectivity index (χ0) is 13.8. The molecule has 5 heteroatoms. The van der Waals surface area contributed by atoms with Crippen molar-refractivity contribution in [3.05, 3.63) is 33.8 Å². The number of carbonyl (C=O) groups is 1. The second-order valence-corrected chi connectivity index (χ2v) is 5.84. The van der Waals surface area contributed by atoms with Gasteiger partial charge in [0, 0.05) is 29.7 Å². The molecule has 104 valence electrons. The summed E-state index contributed by atoms with van der Waals surface area (Å²) in [6.45, 7) is 5.04. The van der Waals surface area contributed by atoms with Crippen LogP contribution in [0.1, 0.15) is 15.9 Å². The number of benzene rings is 1. The maximum absolute atomic E-state index is 12.1. The van der Waals surface area contributed by atoms with Crippen LogP contribution in [0.5, 0.6) is 0 Å². The summed E-state index contributed by atoms with van der Waals surface area (Å²) in [5.74, 6) is -0.0400. The van der Waals surface area contributed by atoms with Crippen molar-refractivity contribution in [2.75, 3.05) is 33.3 Å². The third-order valence-corrected chi connectivity index (χ3v) is 3.76. The molecule has 4 nitrogen and oxygen atoms in total. The highest BCUT2D eigenvalue weighted by Crippen LogP contribution is 2.15. The predicted octanol–water partition coefficient (Wildman–Crippen LogP) is 1.82. The molecule has 1 aromatic carbocycles. The van der Waals surface area contributed by atoms with Gasteiger partial charge in [-0.25, -0.2) is 0 Å². The highest BCUT2D eigenvalue weighted by atomic mass is 79.9. The van der Waals surface area contributed by atoms with Gasteiger partial charge in [0.15, 0.2) is 0 Å². The zero-order valence-electron chi connectivity index (χ0n) is 11.3. The third kappa shape index (κ3) is 4.03. The minimum Gasteiger partial charge on any atom is -0.374 e. The highest BCUT2D eigenvalue weighted by molar-refractivity contribution is 9.10. The molecule has 1 heterocycles. The van der Waals surface area contributed by atoms with Crippen LogP contribution in [-0.2, 0) is 4.74 Å². The number of ether oxygens (including phenoxy) is 1. The summed E-state index contributed by atoms with van der Waals surface area (Å²) in [6, 6.07) is 5.66. The molecule has 1 N–H and O–H groups in total. The lowest BCUT2D eigenvalue weighted by molar-refractivity contribution is -0.0175. The fourth-order valence-corrected chi connectivity index (χ4v) is 2.65. The summed E-state index contributed by atoms with van der Waals surface area (Å²) in [6.07, 6.45) is 0.0819. The van der Waals surface area contributed by atoms with E-state index in [4.69, 9.17) is 4.74 Å². The summed E-state index contributed by atoms with van der Waals surface area (Å²) >= 11 is 3.40. The number of carbonyl (C=O) groups excluding carboxylic acids is 1. The highest BCUT2D eigenvalue weighted by Gasteiger charge is 2.18. The quantitative estimate of drug-likeness (QED) is 0.921. The molecule has 1 fully saturated rings. The van der Waals surface area contributed by atoms with E-state index in [1.807, 2.05) is 25.1 Å². The second kappa shape index (κ2) is 6.50. The number of aryl methyl sites for hydroxylation is 1. The average molecular weight is 327 g/mol. The summed E-state index contributed by atoms with van der Waals surface area (Å²) in [4.78, 5) is 14.3. The largest absolute Gasteiger partial charge is 0.374 e. The van der Waals surface area contributed by atoms with Crippen molar-refractivity contribution >= 4 is 21.8 Å². The number of likely N-dealkylation sites (N-methyl/N-ethyl adjacent to an activating group) is 1. The van der Waals surface area contributed by atoms with E-state index in [1.165, 1.54) is 0 Å². The number of hydrogen-bond acceptors (Lipinski definition) is 3. The van der Waals surface area contributed by atoms with Crippen LogP contribution in [0.2, 0.25) is 0 Å². The Morgan fingerprint density at radius 3 is 3.05 bits per heavy atom. The van der Waals surface area contributed by atoms with Crippen molar-refractivity contribution in [3.8, 4) is 0 Å². The Hall–Kier alpha value is -0.910. The molecule has 1 amide bonds. The molecule has 0 saturated carbocycles. The Labute approximate surface area is 122 Å². The van der Waals surface area contributed by atoms with Crippen LogP contribution >= 0.6 is 15.9 Å². The molecule has 0 spiro atoms. The summed E-state index contributed by atoms with van der Waals surface area (Å²) in [5, 5.41) is 2.94. The minimum atomic E-state index is -0.0400. The van der Waals surface area contributed by atoms with Gasteiger partial charge in [-0.3, -0.25) is 4.79 Å². The number of halogens is 1. The molecular weight excluding hydrogens is 308 g/mol. The molecule has 2 rings (SSSR count). The molecule has 0 bridgehead atoms. The fraction of sp³-hybridized carbons (Fsp3) is 0.500. The van der Waals surface area contributed by atoms with E-state index in [9.17, 15) is 4.79 Å². The van der Waals surface area contributed by atoms with Gasteiger partial charge < -0.3 is 15.0 Å². The minimum absolute atomic E-state index is 0.0400. The number of rotatable bonds is 3. The Bertz CT molecular complexity index is 465. The maximum Gasteiger partial charge on any atom is 0.251 e. The SMILES string of the molecule is Cc1cc(Br)ccc1C(=O)NC[C@H]1CN(C)CCO1. The van der Waals surface area contributed by atoms with E-state index in [0.29, 0.717) is 12.1 Å². The van der Waals surface area contributed by atoms with Gasteiger partial charge in [-0.05, 0) is 37.7 Å². The van der Waals surface area contributed by atoms with E-state index in [-0.39, 0.29) is 12.0 Å². The molecule has 1 saturated heterocycles. The third-order valence-electron chi connectivity index (χ3n) is 3.27. The lowest BCUT2D eigenvalue weighted by Gasteiger charge is -2.30. The first-order valence-corrected chi connectivity index (χ1v) is 7.20. The van der Waals surface area contributed by atoms with Gasteiger partial charge in [0.05, 0.1) is 12.7 Å². The van der Waals surface area contributed by atoms with Gasteiger partial charge in [-0.1, -0.05) is 15.9 Å². The van der Waals surface area contributed by atoms with Crippen molar-refractivity contribution in [2.45, 2.75) is 13.0 Å². The molecule has 0 unspecified atom stereocenters. The van der Waals surface area contributed by atoms with E-state index in [0.717, 1.165) is 29.7 Å². The summed E-state index contributed by atoms with van der Waals surface area (Å²) in [7, 11) is 2.07. The predicted molar refractivity (Wildman–Crippen MR) is 78.4 cm³/mol. The number of nitrogens with one attached hydrogen (secondary N) is 1. The molecule has 0 radical (unpaired) electrons. The van der Waals surface area contributed by atoms with Gasteiger partial charge in [-0.2, -0.15) is 0 Å². The van der Waals surface area contributed by atoms with Gasteiger partial charge in [0.25, 0.3) is 5.91 Å². The molecular formula is C14H19BrN2O2. The van der Waals surface area contributed by atoms with Gasteiger partial charge >= 0.3 is 0 Å². The molecule has 0 aromatic heterocycles. The monoisotopic (exact) mass is 326 g/mol. The Morgan fingerprint density at radius 2 is 2.37 bits per heavy atom. The number of nitrogens with zero attached hydrogens (tertiary/aromatic N) is 1. The first kappa shape index (κ1) is 14.5. The first-order chi connectivity index (χ1) is 9.06. The average Bonchev–Trinajstić information content (AvgIpc) is 2.36. The second-order valence-electron chi connectivity index (χ2n) is 4.92. The van der Waals surface area contributed by atoms with Crippen LogP contribution in [0.25, 0.3) is 0 Å². The zero-order valence-corrected chi connectivity index (χ0v) is 12.9.